The van der Waals surface area contributed by atoms with Gasteiger partial charge < -0.3 is 9.64 Å². The van der Waals surface area contributed by atoms with Gasteiger partial charge in [0, 0.05) is 24.9 Å². The molecule has 0 aliphatic rings. The van der Waals surface area contributed by atoms with Crippen LogP contribution in [0.25, 0.3) is 0 Å². The predicted molar refractivity (Wildman–Crippen MR) is 82.5 cm³/mol. The van der Waals surface area contributed by atoms with Crippen LogP contribution in [0.3, 0.4) is 0 Å². The van der Waals surface area contributed by atoms with Crippen LogP contribution in [-0.2, 0) is 0 Å². The molecule has 0 spiro atoms. The zero-order valence-corrected chi connectivity index (χ0v) is 12.4. The molecule has 0 atom stereocenters. The molecule has 0 aliphatic heterocycles. The third kappa shape index (κ3) is 6.97. The zero-order valence-electron chi connectivity index (χ0n) is 12.4. The molecule has 0 fully saturated rings. The number of unbranched alkanes of at least 4 members (excludes halogenated alkanes) is 1. The normalized spacial score (nSPS) is 11.4. The van der Waals surface area contributed by atoms with Gasteiger partial charge in [0.2, 0.25) is 0 Å². The van der Waals surface area contributed by atoms with Crippen molar-refractivity contribution in [1.29, 1.82) is 0 Å². The van der Waals surface area contributed by atoms with Crippen LogP contribution in [0.1, 0.15) is 31.7 Å². The van der Waals surface area contributed by atoms with E-state index in [9.17, 15) is 0 Å². The van der Waals surface area contributed by atoms with Crippen molar-refractivity contribution in [2.24, 2.45) is 4.99 Å². The standard InChI is InChI=1S/C16H26N2O/c1-4-5-11-17-14-15-9-6-7-10-16(15)19-13-8-12-18(2)3/h6-7,9-10,14H,4-5,8,11-13H2,1-3H3/b17-14+. The number of benzene rings is 1. The molecular weight excluding hydrogens is 236 g/mol. The monoisotopic (exact) mass is 262 g/mol. The largest absolute Gasteiger partial charge is 0.493 e. The number of rotatable bonds is 9. The highest BCUT2D eigenvalue weighted by molar-refractivity contribution is 5.83. The molecule has 0 heterocycles. The van der Waals surface area contributed by atoms with Crippen LogP contribution in [0.2, 0.25) is 0 Å². The summed E-state index contributed by atoms with van der Waals surface area (Å²) in [4.78, 5) is 6.60. The Bertz CT molecular complexity index is 375. The fraction of sp³-hybridized carbons (Fsp3) is 0.562. The lowest BCUT2D eigenvalue weighted by Crippen LogP contribution is -2.15. The van der Waals surface area contributed by atoms with Gasteiger partial charge in [0.25, 0.3) is 0 Å². The molecule has 1 aromatic carbocycles. The smallest absolute Gasteiger partial charge is 0.128 e. The lowest BCUT2D eigenvalue weighted by molar-refractivity contribution is 0.281. The van der Waals surface area contributed by atoms with Crippen LogP contribution in [0.5, 0.6) is 5.75 Å². The second-order valence-corrected chi connectivity index (χ2v) is 4.93. The highest BCUT2D eigenvalue weighted by Crippen LogP contribution is 2.16. The summed E-state index contributed by atoms with van der Waals surface area (Å²) >= 11 is 0. The van der Waals surface area contributed by atoms with Crippen molar-refractivity contribution in [1.82, 2.24) is 4.90 Å². The summed E-state index contributed by atoms with van der Waals surface area (Å²) in [6.07, 6.45) is 5.29. The van der Waals surface area contributed by atoms with Gasteiger partial charge in [-0.15, -0.1) is 0 Å². The molecule has 0 saturated heterocycles. The molecule has 19 heavy (non-hydrogen) atoms. The van der Waals surface area contributed by atoms with E-state index in [2.05, 4.69) is 37.0 Å². The van der Waals surface area contributed by atoms with E-state index >= 15 is 0 Å². The fourth-order valence-corrected chi connectivity index (χ4v) is 1.69. The number of para-hydroxylation sites is 1. The summed E-state index contributed by atoms with van der Waals surface area (Å²) in [6, 6.07) is 8.09. The summed E-state index contributed by atoms with van der Waals surface area (Å²) in [5, 5.41) is 0. The molecule has 0 aromatic heterocycles. The summed E-state index contributed by atoms with van der Waals surface area (Å²) in [7, 11) is 4.16. The van der Waals surface area contributed by atoms with Crippen molar-refractivity contribution in [3.05, 3.63) is 29.8 Å². The van der Waals surface area contributed by atoms with Gasteiger partial charge in [-0.25, -0.2) is 0 Å². The van der Waals surface area contributed by atoms with Crippen molar-refractivity contribution in [2.75, 3.05) is 33.8 Å². The Morgan fingerprint density at radius 3 is 2.74 bits per heavy atom. The van der Waals surface area contributed by atoms with E-state index in [1.54, 1.807) is 0 Å². The third-order valence-electron chi connectivity index (χ3n) is 2.80. The van der Waals surface area contributed by atoms with E-state index in [1.165, 1.54) is 6.42 Å². The molecule has 3 nitrogen and oxygen atoms in total. The minimum Gasteiger partial charge on any atom is -0.493 e. The van der Waals surface area contributed by atoms with Gasteiger partial charge in [0.05, 0.1) is 6.61 Å². The number of aliphatic imine (C=N–C) groups is 1. The van der Waals surface area contributed by atoms with Crippen LogP contribution < -0.4 is 4.74 Å². The van der Waals surface area contributed by atoms with E-state index in [1.807, 2.05) is 24.4 Å². The Morgan fingerprint density at radius 1 is 1.21 bits per heavy atom. The Labute approximate surface area is 117 Å². The molecule has 0 bridgehead atoms. The number of ether oxygens (including phenoxy) is 1. The third-order valence-corrected chi connectivity index (χ3v) is 2.80. The zero-order chi connectivity index (χ0) is 13.9. The Balaban J connectivity index is 2.46. The van der Waals surface area contributed by atoms with Gasteiger partial charge in [-0.05, 0) is 39.1 Å². The van der Waals surface area contributed by atoms with Crippen LogP contribution in [-0.4, -0.2) is 44.9 Å². The van der Waals surface area contributed by atoms with Crippen molar-refractivity contribution < 1.29 is 4.74 Å². The number of nitrogens with zero attached hydrogens (tertiary/aromatic N) is 2. The topological polar surface area (TPSA) is 24.8 Å². The molecule has 0 radical (unpaired) electrons. The van der Waals surface area contributed by atoms with E-state index in [0.29, 0.717) is 0 Å². The molecule has 3 heteroatoms. The van der Waals surface area contributed by atoms with E-state index in [4.69, 9.17) is 4.74 Å². The van der Waals surface area contributed by atoms with Crippen molar-refractivity contribution in [3.63, 3.8) is 0 Å². The Hall–Kier alpha value is -1.35. The molecule has 0 amide bonds. The lowest BCUT2D eigenvalue weighted by Gasteiger charge is -2.11. The van der Waals surface area contributed by atoms with Gasteiger partial charge in [-0.2, -0.15) is 0 Å². The first kappa shape index (κ1) is 15.7. The fourth-order valence-electron chi connectivity index (χ4n) is 1.69. The van der Waals surface area contributed by atoms with E-state index in [-0.39, 0.29) is 0 Å². The SMILES string of the molecule is CCCC/N=C/c1ccccc1OCCCN(C)C. The average molecular weight is 262 g/mol. The number of hydrogen-bond donors (Lipinski definition) is 0. The minimum absolute atomic E-state index is 0.748. The molecule has 0 unspecified atom stereocenters. The van der Waals surface area contributed by atoms with Crippen molar-refractivity contribution in [2.45, 2.75) is 26.2 Å². The van der Waals surface area contributed by atoms with Crippen LogP contribution >= 0.6 is 0 Å². The molecule has 106 valence electrons. The summed E-state index contributed by atoms with van der Waals surface area (Å²) in [5.74, 6) is 0.932. The molecule has 0 saturated carbocycles. The highest BCUT2D eigenvalue weighted by Gasteiger charge is 2.00. The van der Waals surface area contributed by atoms with Crippen LogP contribution in [0.15, 0.2) is 29.3 Å². The minimum atomic E-state index is 0.748. The quantitative estimate of drug-likeness (QED) is 0.504. The van der Waals surface area contributed by atoms with Gasteiger partial charge in [-0.3, -0.25) is 4.99 Å². The second-order valence-electron chi connectivity index (χ2n) is 4.93. The Morgan fingerprint density at radius 2 is 2.00 bits per heavy atom. The van der Waals surface area contributed by atoms with Crippen molar-refractivity contribution in [3.8, 4) is 5.75 Å². The van der Waals surface area contributed by atoms with Crippen LogP contribution in [0.4, 0.5) is 0 Å². The summed E-state index contributed by atoms with van der Waals surface area (Å²) in [5.41, 5.74) is 1.07. The van der Waals surface area contributed by atoms with E-state index in [0.717, 1.165) is 43.9 Å². The number of hydrogen-bond acceptors (Lipinski definition) is 3. The first-order valence-corrected chi connectivity index (χ1v) is 7.10. The first-order valence-electron chi connectivity index (χ1n) is 7.10. The highest BCUT2D eigenvalue weighted by atomic mass is 16.5. The van der Waals surface area contributed by atoms with Crippen molar-refractivity contribution >= 4 is 6.21 Å². The molecular formula is C16H26N2O. The van der Waals surface area contributed by atoms with Gasteiger partial charge >= 0.3 is 0 Å². The molecule has 1 rings (SSSR count). The first-order chi connectivity index (χ1) is 9.24. The van der Waals surface area contributed by atoms with E-state index < -0.39 is 0 Å². The van der Waals surface area contributed by atoms with Gasteiger partial charge in [-0.1, -0.05) is 25.5 Å². The average Bonchev–Trinajstić information content (AvgIpc) is 2.41. The molecule has 0 N–H and O–H groups in total. The maximum absolute atomic E-state index is 5.83. The summed E-state index contributed by atoms with van der Waals surface area (Å²) < 4.78 is 5.83. The van der Waals surface area contributed by atoms with Crippen LogP contribution in [0, 0.1) is 0 Å². The van der Waals surface area contributed by atoms with Gasteiger partial charge in [0.15, 0.2) is 0 Å². The maximum atomic E-state index is 5.83. The summed E-state index contributed by atoms with van der Waals surface area (Å²) in [6.45, 7) is 4.87. The predicted octanol–water partition coefficient (Wildman–Crippen LogP) is 3.24. The lowest BCUT2D eigenvalue weighted by atomic mass is 10.2. The Kier molecular flexibility index (Phi) is 7.91. The molecule has 0 aliphatic carbocycles. The maximum Gasteiger partial charge on any atom is 0.128 e. The second kappa shape index (κ2) is 9.56. The van der Waals surface area contributed by atoms with Gasteiger partial charge in [0.1, 0.15) is 5.75 Å². The molecule has 1 aromatic rings.